The second-order valence-electron chi connectivity index (χ2n) is 6.26. The minimum absolute atomic E-state index is 0.315. The first-order chi connectivity index (χ1) is 7.26. The molecule has 0 saturated heterocycles. The van der Waals surface area contributed by atoms with Gasteiger partial charge in [0, 0.05) is 6.10 Å². The summed E-state index contributed by atoms with van der Waals surface area (Å²) in [6, 6.07) is 0. The Balaban J connectivity index is 2.58. The summed E-state index contributed by atoms with van der Waals surface area (Å²) in [6.45, 7) is 15.4. The molecule has 2 heteroatoms. The lowest BCUT2D eigenvalue weighted by Crippen LogP contribution is -2.44. The van der Waals surface area contributed by atoms with E-state index in [9.17, 15) is 0 Å². The maximum atomic E-state index is 6.40. The van der Waals surface area contributed by atoms with Crippen LogP contribution in [0, 0.1) is 0 Å². The molecule has 1 aliphatic carbocycles. The van der Waals surface area contributed by atoms with Crippen LogP contribution in [-0.4, -0.2) is 14.4 Å². The first kappa shape index (κ1) is 13.7. The maximum Gasteiger partial charge on any atom is 0.192 e. The smallest absolute Gasteiger partial charge is 0.192 e. The Morgan fingerprint density at radius 1 is 1.44 bits per heavy atom. The van der Waals surface area contributed by atoms with Crippen LogP contribution in [-0.2, 0) is 4.43 Å². The fraction of sp³-hybridized carbons (Fsp3) is 0.714. The van der Waals surface area contributed by atoms with E-state index in [1.54, 1.807) is 0 Å². The standard InChI is InChI=1S/C14H26OSi/c1-7-12-8-10-13(11-9-12)15-16(5,6)14(2,3)4/h7-8,13H,1,9-11H2,2-6H3. The van der Waals surface area contributed by atoms with Crippen molar-refractivity contribution >= 4 is 8.32 Å². The first-order valence-corrected chi connectivity index (χ1v) is 9.16. The van der Waals surface area contributed by atoms with Gasteiger partial charge in [0.2, 0.25) is 0 Å². The molecule has 16 heavy (non-hydrogen) atoms. The molecule has 1 nitrogen and oxygen atoms in total. The van der Waals surface area contributed by atoms with Gasteiger partial charge in [-0.05, 0) is 37.4 Å². The topological polar surface area (TPSA) is 9.23 Å². The lowest BCUT2D eigenvalue weighted by Gasteiger charge is -2.40. The first-order valence-electron chi connectivity index (χ1n) is 6.25. The summed E-state index contributed by atoms with van der Waals surface area (Å²) in [5, 5.41) is 0.315. The molecule has 1 unspecified atom stereocenters. The lowest BCUT2D eigenvalue weighted by atomic mass is 9.97. The van der Waals surface area contributed by atoms with Crippen LogP contribution in [0.25, 0.3) is 0 Å². The van der Waals surface area contributed by atoms with Crippen LogP contribution in [0.3, 0.4) is 0 Å². The van der Waals surface area contributed by atoms with Crippen molar-refractivity contribution in [2.75, 3.05) is 0 Å². The van der Waals surface area contributed by atoms with E-state index < -0.39 is 8.32 Å². The highest BCUT2D eigenvalue weighted by Crippen LogP contribution is 2.38. The minimum Gasteiger partial charge on any atom is -0.414 e. The predicted molar refractivity (Wildman–Crippen MR) is 74.2 cm³/mol. The average molecular weight is 238 g/mol. The fourth-order valence-electron chi connectivity index (χ4n) is 1.72. The summed E-state index contributed by atoms with van der Waals surface area (Å²) in [5.41, 5.74) is 1.38. The lowest BCUT2D eigenvalue weighted by molar-refractivity contribution is 0.169. The minimum atomic E-state index is -1.58. The quantitative estimate of drug-likeness (QED) is 0.649. The molecular formula is C14H26OSi. The van der Waals surface area contributed by atoms with E-state index in [-0.39, 0.29) is 0 Å². The van der Waals surface area contributed by atoms with Crippen molar-refractivity contribution in [3.8, 4) is 0 Å². The molecule has 0 N–H and O–H groups in total. The van der Waals surface area contributed by atoms with Gasteiger partial charge in [0.15, 0.2) is 8.32 Å². The molecule has 0 aromatic carbocycles. The van der Waals surface area contributed by atoms with E-state index >= 15 is 0 Å². The maximum absolute atomic E-state index is 6.40. The normalized spacial score (nSPS) is 22.8. The van der Waals surface area contributed by atoms with E-state index in [0.717, 1.165) is 19.3 Å². The summed E-state index contributed by atoms with van der Waals surface area (Å²) in [4.78, 5) is 0. The molecule has 0 saturated carbocycles. The molecule has 0 aliphatic heterocycles. The fourth-order valence-corrected chi connectivity index (χ4v) is 3.12. The van der Waals surface area contributed by atoms with E-state index in [2.05, 4.69) is 46.5 Å². The van der Waals surface area contributed by atoms with E-state index in [1.807, 2.05) is 6.08 Å². The monoisotopic (exact) mass is 238 g/mol. The van der Waals surface area contributed by atoms with Gasteiger partial charge in [0.05, 0.1) is 0 Å². The van der Waals surface area contributed by atoms with E-state index in [4.69, 9.17) is 4.43 Å². The zero-order valence-corrected chi connectivity index (χ0v) is 12.5. The molecular weight excluding hydrogens is 212 g/mol. The summed E-state index contributed by atoms with van der Waals surface area (Å²) < 4.78 is 6.40. The third kappa shape index (κ3) is 3.32. The largest absolute Gasteiger partial charge is 0.414 e. The van der Waals surface area contributed by atoms with E-state index in [1.165, 1.54) is 5.57 Å². The zero-order valence-electron chi connectivity index (χ0n) is 11.5. The van der Waals surface area contributed by atoms with Gasteiger partial charge in [0.1, 0.15) is 0 Å². The van der Waals surface area contributed by atoms with Crippen LogP contribution in [0.5, 0.6) is 0 Å². The third-order valence-corrected chi connectivity index (χ3v) is 8.46. The van der Waals surface area contributed by atoms with Gasteiger partial charge in [-0.2, -0.15) is 0 Å². The second kappa shape index (κ2) is 4.88. The number of hydrogen-bond donors (Lipinski definition) is 0. The van der Waals surface area contributed by atoms with Crippen LogP contribution in [0.4, 0.5) is 0 Å². The molecule has 1 atom stereocenters. The molecule has 0 heterocycles. The summed E-state index contributed by atoms with van der Waals surface area (Å²) in [5.74, 6) is 0. The third-order valence-electron chi connectivity index (χ3n) is 3.93. The van der Waals surface area contributed by atoms with Crippen molar-refractivity contribution < 1.29 is 4.43 Å². The molecule has 92 valence electrons. The summed E-state index contributed by atoms with van der Waals surface area (Å²) in [7, 11) is -1.58. The van der Waals surface area contributed by atoms with Gasteiger partial charge in [-0.3, -0.25) is 0 Å². The molecule has 0 fully saturated rings. The highest BCUT2D eigenvalue weighted by atomic mass is 28.4. The van der Waals surface area contributed by atoms with Gasteiger partial charge in [0.25, 0.3) is 0 Å². The van der Waals surface area contributed by atoms with Crippen LogP contribution in [0.2, 0.25) is 18.1 Å². The number of rotatable bonds is 3. The van der Waals surface area contributed by atoms with Gasteiger partial charge in [-0.1, -0.05) is 45.1 Å². The Morgan fingerprint density at radius 2 is 2.06 bits per heavy atom. The molecule has 1 rings (SSSR count). The Labute approximate surface area is 102 Å². The van der Waals surface area contributed by atoms with Crippen molar-refractivity contribution in [2.45, 2.75) is 64.3 Å². The van der Waals surface area contributed by atoms with Gasteiger partial charge >= 0.3 is 0 Å². The SMILES string of the molecule is C=CC1=CCC(O[Si](C)(C)C(C)(C)C)CC1. The Bertz CT molecular complexity index is 284. The molecule has 0 aromatic rings. The van der Waals surface area contributed by atoms with Gasteiger partial charge < -0.3 is 4.43 Å². The molecule has 0 spiro atoms. The Hall–Kier alpha value is -0.343. The molecule has 1 aliphatic rings. The van der Waals surface area contributed by atoms with Crippen LogP contribution in [0.15, 0.2) is 24.3 Å². The van der Waals surface area contributed by atoms with Crippen molar-refractivity contribution in [1.29, 1.82) is 0 Å². The molecule has 0 aromatic heterocycles. The van der Waals surface area contributed by atoms with Crippen LogP contribution in [0.1, 0.15) is 40.0 Å². The van der Waals surface area contributed by atoms with Crippen molar-refractivity contribution in [1.82, 2.24) is 0 Å². The summed E-state index contributed by atoms with van der Waals surface area (Å²) >= 11 is 0. The van der Waals surface area contributed by atoms with Crippen molar-refractivity contribution in [3.63, 3.8) is 0 Å². The average Bonchev–Trinajstić information content (AvgIpc) is 2.16. The molecule has 0 bridgehead atoms. The van der Waals surface area contributed by atoms with E-state index in [0.29, 0.717) is 11.1 Å². The molecule has 0 radical (unpaired) electrons. The molecule has 0 amide bonds. The number of hydrogen-bond acceptors (Lipinski definition) is 1. The van der Waals surface area contributed by atoms with Gasteiger partial charge in [-0.15, -0.1) is 0 Å². The summed E-state index contributed by atoms with van der Waals surface area (Å²) in [6.07, 6.45) is 8.04. The van der Waals surface area contributed by atoms with Crippen LogP contribution < -0.4 is 0 Å². The zero-order chi connectivity index (χ0) is 12.4. The van der Waals surface area contributed by atoms with Crippen LogP contribution >= 0.6 is 0 Å². The van der Waals surface area contributed by atoms with Crippen molar-refractivity contribution in [3.05, 3.63) is 24.3 Å². The second-order valence-corrected chi connectivity index (χ2v) is 11.0. The van der Waals surface area contributed by atoms with Gasteiger partial charge in [-0.25, -0.2) is 0 Å². The van der Waals surface area contributed by atoms with Crippen molar-refractivity contribution in [2.24, 2.45) is 0 Å². The Morgan fingerprint density at radius 3 is 2.44 bits per heavy atom. The highest BCUT2D eigenvalue weighted by molar-refractivity contribution is 6.74. The Kier molecular flexibility index (Phi) is 4.19. The highest BCUT2D eigenvalue weighted by Gasteiger charge is 2.39. The number of allylic oxidation sites excluding steroid dienone is 2. The predicted octanol–water partition coefficient (Wildman–Crippen LogP) is 4.67.